The first-order valence-electron chi connectivity index (χ1n) is 7.59. The second kappa shape index (κ2) is 6.44. The van der Waals surface area contributed by atoms with Crippen LogP contribution >= 0.6 is 15.9 Å². The van der Waals surface area contributed by atoms with Gasteiger partial charge in [0, 0.05) is 25.2 Å². The highest BCUT2D eigenvalue weighted by atomic mass is 79.9. The number of nitrogens with zero attached hydrogens (tertiary/aromatic N) is 1. The second-order valence-corrected chi connectivity index (χ2v) is 6.89. The van der Waals surface area contributed by atoms with Gasteiger partial charge in [0.25, 0.3) is 0 Å². The van der Waals surface area contributed by atoms with Crippen molar-refractivity contribution in [3.63, 3.8) is 0 Å². The van der Waals surface area contributed by atoms with E-state index in [1.165, 1.54) is 18.9 Å². The summed E-state index contributed by atoms with van der Waals surface area (Å²) >= 11 is 3.15. The third-order valence-corrected chi connectivity index (χ3v) is 4.91. The van der Waals surface area contributed by atoms with Gasteiger partial charge >= 0.3 is 0 Å². The lowest BCUT2D eigenvalue weighted by molar-refractivity contribution is -0.121. The highest BCUT2D eigenvalue weighted by molar-refractivity contribution is 9.10. The van der Waals surface area contributed by atoms with Gasteiger partial charge in [0.15, 0.2) is 0 Å². The van der Waals surface area contributed by atoms with E-state index < -0.39 is 0 Å². The molecule has 2 aliphatic rings. The SMILES string of the molecule is O=C(Cc1ccc(F)c(Br)c1)NC1CCN(C2CC2)CC1. The molecule has 0 unspecified atom stereocenters. The van der Waals surface area contributed by atoms with Crippen LogP contribution in [0.2, 0.25) is 0 Å². The van der Waals surface area contributed by atoms with Crippen molar-refractivity contribution in [1.29, 1.82) is 0 Å². The van der Waals surface area contributed by atoms with Gasteiger partial charge in [-0.25, -0.2) is 4.39 Å². The summed E-state index contributed by atoms with van der Waals surface area (Å²) in [5.74, 6) is -0.273. The van der Waals surface area contributed by atoms with Gasteiger partial charge in [-0.15, -0.1) is 0 Å². The van der Waals surface area contributed by atoms with Crippen molar-refractivity contribution in [2.75, 3.05) is 13.1 Å². The fraction of sp³-hybridized carbons (Fsp3) is 0.562. The fourth-order valence-electron chi connectivity index (χ4n) is 2.96. The van der Waals surface area contributed by atoms with Gasteiger partial charge in [-0.1, -0.05) is 6.07 Å². The van der Waals surface area contributed by atoms with Crippen molar-refractivity contribution in [2.45, 2.75) is 44.2 Å². The van der Waals surface area contributed by atoms with E-state index >= 15 is 0 Å². The summed E-state index contributed by atoms with van der Waals surface area (Å²) in [5.41, 5.74) is 0.830. The molecule has 0 atom stereocenters. The molecular weight excluding hydrogens is 335 g/mol. The average molecular weight is 355 g/mol. The number of rotatable bonds is 4. The van der Waals surface area contributed by atoms with E-state index in [0.29, 0.717) is 10.9 Å². The predicted molar refractivity (Wildman–Crippen MR) is 83.6 cm³/mol. The van der Waals surface area contributed by atoms with Gasteiger partial charge in [0.1, 0.15) is 5.82 Å². The quantitative estimate of drug-likeness (QED) is 0.901. The van der Waals surface area contributed by atoms with E-state index in [4.69, 9.17) is 0 Å². The van der Waals surface area contributed by atoms with E-state index in [0.717, 1.165) is 37.5 Å². The number of hydrogen-bond acceptors (Lipinski definition) is 2. The standard InChI is InChI=1S/C16H20BrFN2O/c17-14-9-11(1-4-15(14)18)10-16(21)19-12-5-7-20(8-6-12)13-2-3-13/h1,4,9,12-13H,2-3,5-8,10H2,(H,19,21). The van der Waals surface area contributed by atoms with Crippen LogP contribution in [0, 0.1) is 5.82 Å². The summed E-state index contributed by atoms with van der Waals surface area (Å²) in [6, 6.07) is 5.83. The molecular formula is C16H20BrFN2O. The van der Waals surface area contributed by atoms with Gasteiger partial charge in [0.05, 0.1) is 10.9 Å². The lowest BCUT2D eigenvalue weighted by atomic mass is 10.0. The Labute approximate surface area is 133 Å². The molecule has 1 saturated heterocycles. The molecule has 3 rings (SSSR count). The third kappa shape index (κ3) is 4.04. The second-order valence-electron chi connectivity index (χ2n) is 6.03. The molecule has 21 heavy (non-hydrogen) atoms. The van der Waals surface area contributed by atoms with E-state index in [2.05, 4.69) is 26.1 Å². The van der Waals surface area contributed by atoms with Gasteiger partial charge in [-0.3, -0.25) is 4.79 Å². The van der Waals surface area contributed by atoms with E-state index in [1.54, 1.807) is 12.1 Å². The van der Waals surface area contributed by atoms with Crippen LogP contribution in [0.3, 0.4) is 0 Å². The van der Waals surface area contributed by atoms with E-state index in [9.17, 15) is 9.18 Å². The molecule has 1 saturated carbocycles. The van der Waals surface area contributed by atoms with Crippen molar-refractivity contribution in [1.82, 2.24) is 10.2 Å². The van der Waals surface area contributed by atoms with Crippen LogP contribution in [0.15, 0.2) is 22.7 Å². The maximum Gasteiger partial charge on any atom is 0.224 e. The van der Waals surface area contributed by atoms with Crippen molar-refractivity contribution >= 4 is 21.8 Å². The summed E-state index contributed by atoms with van der Waals surface area (Å²) < 4.78 is 13.6. The number of piperidine rings is 1. The summed E-state index contributed by atoms with van der Waals surface area (Å²) in [7, 11) is 0. The van der Waals surface area contributed by atoms with Crippen molar-refractivity contribution in [3.05, 3.63) is 34.1 Å². The van der Waals surface area contributed by atoms with Crippen LogP contribution in [-0.4, -0.2) is 36.0 Å². The Balaban J connectivity index is 1.46. The molecule has 1 heterocycles. The number of amides is 1. The minimum atomic E-state index is -0.299. The number of carbonyl (C=O) groups is 1. The molecule has 1 aromatic rings. The fourth-order valence-corrected chi connectivity index (χ4v) is 3.39. The molecule has 114 valence electrons. The Morgan fingerprint density at radius 3 is 2.62 bits per heavy atom. The highest BCUT2D eigenvalue weighted by Gasteiger charge is 2.32. The van der Waals surface area contributed by atoms with Crippen molar-refractivity contribution in [3.8, 4) is 0 Å². The number of benzene rings is 1. The van der Waals surface area contributed by atoms with Gasteiger partial charge in [0.2, 0.25) is 5.91 Å². The number of carbonyl (C=O) groups excluding carboxylic acids is 1. The minimum Gasteiger partial charge on any atom is -0.353 e. The molecule has 5 heteroatoms. The number of hydrogen-bond donors (Lipinski definition) is 1. The zero-order valence-electron chi connectivity index (χ0n) is 11.9. The molecule has 0 bridgehead atoms. The molecule has 0 aromatic heterocycles. The van der Waals surface area contributed by atoms with Gasteiger partial charge in [-0.05, 0) is 59.3 Å². The maximum atomic E-state index is 13.2. The van der Waals surface area contributed by atoms with Gasteiger partial charge < -0.3 is 10.2 Å². The topological polar surface area (TPSA) is 32.3 Å². The molecule has 1 N–H and O–H groups in total. The Morgan fingerprint density at radius 1 is 1.29 bits per heavy atom. The first kappa shape index (κ1) is 15.0. The van der Waals surface area contributed by atoms with Crippen LogP contribution in [0.5, 0.6) is 0 Å². The molecule has 2 fully saturated rings. The van der Waals surface area contributed by atoms with E-state index in [-0.39, 0.29) is 17.8 Å². The molecule has 3 nitrogen and oxygen atoms in total. The summed E-state index contributed by atoms with van der Waals surface area (Å²) in [5, 5.41) is 3.11. The zero-order valence-corrected chi connectivity index (χ0v) is 13.5. The molecule has 1 amide bonds. The lowest BCUT2D eigenvalue weighted by Crippen LogP contribution is -2.45. The molecule has 1 aromatic carbocycles. The van der Waals surface area contributed by atoms with Crippen LogP contribution in [0.1, 0.15) is 31.2 Å². The Morgan fingerprint density at radius 2 is 2.00 bits per heavy atom. The number of halogens is 2. The number of nitrogens with one attached hydrogen (secondary N) is 1. The smallest absolute Gasteiger partial charge is 0.224 e. The molecule has 1 aliphatic heterocycles. The minimum absolute atomic E-state index is 0.0263. The zero-order chi connectivity index (χ0) is 14.8. The largest absolute Gasteiger partial charge is 0.353 e. The van der Waals surface area contributed by atoms with Crippen LogP contribution in [0.4, 0.5) is 4.39 Å². The van der Waals surface area contributed by atoms with Crippen LogP contribution in [0.25, 0.3) is 0 Å². The predicted octanol–water partition coefficient (Wildman–Crippen LogP) is 2.87. The Kier molecular flexibility index (Phi) is 4.60. The third-order valence-electron chi connectivity index (χ3n) is 4.31. The lowest BCUT2D eigenvalue weighted by Gasteiger charge is -2.32. The molecule has 0 radical (unpaired) electrons. The van der Waals surface area contributed by atoms with E-state index in [1.807, 2.05) is 0 Å². The Bertz CT molecular complexity index is 525. The van der Waals surface area contributed by atoms with Gasteiger partial charge in [-0.2, -0.15) is 0 Å². The van der Waals surface area contributed by atoms with Crippen molar-refractivity contribution < 1.29 is 9.18 Å². The first-order chi connectivity index (χ1) is 10.1. The average Bonchev–Trinajstić information content (AvgIpc) is 3.28. The summed E-state index contributed by atoms with van der Waals surface area (Å²) in [6.07, 6.45) is 5.07. The molecule has 1 aliphatic carbocycles. The highest BCUT2D eigenvalue weighted by Crippen LogP contribution is 2.29. The van der Waals surface area contributed by atoms with Crippen LogP contribution in [-0.2, 0) is 11.2 Å². The van der Waals surface area contributed by atoms with Crippen molar-refractivity contribution in [2.24, 2.45) is 0 Å². The summed E-state index contributed by atoms with van der Waals surface area (Å²) in [4.78, 5) is 14.6. The molecule has 0 spiro atoms. The normalized spacial score (nSPS) is 20.5. The monoisotopic (exact) mass is 354 g/mol. The first-order valence-corrected chi connectivity index (χ1v) is 8.38. The van der Waals surface area contributed by atoms with Crippen LogP contribution < -0.4 is 5.32 Å². The summed E-state index contributed by atoms with van der Waals surface area (Å²) in [6.45, 7) is 2.19. The number of likely N-dealkylation sites (tertiary alicyclic amines) is 1. The Hall–Kier alpha value is -0.940. The maximum absolute atomic E-state index is 13.2.